The van der Waals surface area contributed by atoms with Gasteiger partial charge in [0.25, 0.3) is 0 Å². The molecule has 1 atom stereocenters. The van der Waals surface area contributed by atoms with Crippen molar-refractivity contribution in [2.45, 2.75) is 19.3 Å². The second kappa shape index (κ2) is 6.36. The lowest BCUT2D eigenvalue weighted by molar-refractivity contribution is -0.143. The number of hydrogen-bond donors (Lipinski definition) is 2. The third-order valence-corrected chi connectivity index (χ3v) is 3.33. The maximum absolute atomic E-state index is 11.9. The van der Waals surface area contributed by atoms with Crippen molar-refractivity contribution in [2.24, 2.45) is 13.0 Å². The van der Waals surface area contributed by atoms with E-state index in [1.165, 1.54) is 0 Å². The molecule has 2 amide bonds. The number of nitrogens with zero attached hydrogens (tertiary/aromatic N) is 4. The summed E-state index contributed by atoms with van der Waals surface area (Å²) in [7, 11) is 1.79. The molecule has 2 rings (SSSR count). The molecule has 1 aromatic heterocycles. The second-order valence-electron chi connectivity index (χ2n) is 4.94. The predicted molar refractivity (Wildman–Crippen MR) is 70.0 cm³/mol. The third kappa shape index (κ3) is 3.69. The maximum atomic E-state index is 11.9. The molecule has 1 aliphatic heterocycles. The van der Waals surface area contributed by atoms with E-state index in [2.05, 4.69) is 15.4 Å². The Balaban J connectivity index is 1.75. The van der Waals surface area contributed by atoms with Gasteiger partial charge >= 0.3 is 12.0 Å². The number of hydrogen-bond acceptors (Lipinski definition) is 4. The van der Waals surface area contributed by atoms with E-state index < -0.39 is 11.9 Å². The van der Waals surface area contributed by atoms with Gasteiger partial charge in [-0.1, -0.05) is 0 Å². The van der Waals surface area contributed by atoms with Gasteiger partial charge in [0.05, 0.1) is 5.92 Å². The van der Waals surface area contributed by atoms with Crippen LogP contribution in [0.25, 0.3) is 0 Å². The highest BCUT2D eigenvalue weighted by molar-refractivity contribution is 5.76. The highest BCUT2D eigenvalue weighted by atomic mass is 16.4. The Morgan fingerprint density at radius 3 is 3.00 bits per heavy atom. The molecular formula is C12H19N5O3. The number of carbonyl (C=O) groups excluding carboxylic acids is 1. The van der Waals surface area contributed by atoms with Crippen LogP contribution in [0.3, 0.4) is 0 Å². The summed E-state index contributed by atoms with van der Waals surface area (Å²) in [6, 6.07) is -0.216. The van der Waals surface area contributed by atoms with Crippen LogP contribution in [-0.2, 0) is 18.3 Å². The zero-order valence-electron chi connectivity index (χ0n) is 11.4. The number of amides is 2. The van der Waals surface area contributed by atoms with E-state index in [1.807, 2.05) is 0 Å². The maximum Gasteiger partial charge on any atom is 0.317 e. The van der Waals surface area contributed by atoms with E-state index in [-0.39, 0.29) is 12.6 Å². The first-order chi connectivity index (χ1) is 9.56. The summed E-state index contributed by atoms with van der Waals surface area (Å²) in [5.41, 5.74) is 0. The van der Waals surface area contributed by atoms with Crippen LogP contribution in [0.15, 0.2) is 6.33 Å². The molecule has 2 N–H and O–H groups in total. The fourth-order valence-electron chi connectivity index (χ4n) is 2.25. The smallest absolute Gasteiger partial charge is 0.317 e. The van der Waals surface area contributed by atoms with E-state index in [4.69, 9.17) is 5.11 Å². The lowest BCUT2D eigenvalue weighted by atomic mass is 9.99. The Morgan fingerprint density at radius 2 is 2.35 bits per heavy atom. The Hall–Kier alpha value is -2.12. The van der Waals surface area contributed by atoms with Gasteiger partial charge in [-0.25, -0.2) is 9.78 Å². The monoisotopic (exact) mass is 281 g/mol. The normalized spacial score (nSPS) is 18.9. The van der Waals surface area contributed by atoms with Gasteiger partial charge in [0.2, 0.25) is 0 Å². The van der Waals surface area contributed by atoms with Gasteiger partial charge in [-0.15, -0.1) is 0 Å². The summed E-state index contributed by atoms with van der Waals surface area (Å²) in [4.78, 5) is 28.5. The summed E-state index contributed by atoms with van der Waals surface area (Å²) in [6.45, 7) is 1.33. The van der Waals surface area contributed by atoms with Gasteiger partial charge < -0.3 is 15.3 Å². The number of carbonyl (C=O) groups is 2. The molecule has 0 aliphatic carbocycles. The molecule has 2 heterocycles. The number of aryl methyl sites for hydroxylation is 1. The molecule has 20 heavy (non-hydrogen) atoms. The van der Waals surface area contributed by atoms with Crippen molar-refractivity contribution in [3.8, 4) is 0 Å². The molecule has 0 radical (unpaired) electrons. The molecule has 0 unspecified atom stereocenters. The number of piperidine rings is 1. The number of carboxylic acid groups (broad SMARTS) is 1. The molecule has 0 bridgehead atoms. The van der Waals surface area contributed by atoms with Crippen molar-refractivity contribution >= 4 is 12.0 Å². The molecular weight excluding hydrogens is 262 g/mol. The van der Waals surface area contributed by atoms with Crippen LogP contribution in [0.2, 0.25) is 0 Å². The number of likely N-dealkylation sites (tertiary alicyclic amines) is 1. The number of carboxylic acids is 1. The van der Waals surface area contributed by atoms with Crippen molar-refractivity contribution in [3.63, 3.8) is 0 Å². The molecule has 1 aliphatic rings. The Labute approximate surface area is 116 Å². The Kier molecular flexibility index (Phi) is 4.54. The molecule has 0 spiro atoms. The average Bonchev–Trinajstić information content (AvgIpc) is 2.84. The van der Waals surface area contributed by atoms with E-state index in [0.717, 1.165) is 6.42 Å². The fraction of sp³-hybridized carbons (Fsp3) is 0.667. The minimum atomic E-state index is -0.833. The van der Waals surface area contributed by atoms with Crippen molar-refractivity contribution in [1.82, 2.24) is 25.0 Å². The van der Waals surface area contributed by atoms with Gasteiger partial charge in [-0.2, -0.15) is 5.10 Å². The minimum Gasteiger partial charge on any atom is -0.481 e. The van der Waals surface area contributed by atoms with Crippen molar-refractivity contribution in [1.29, 1.82) is 0 Å². The molecule has 1 saturated heterocycles. The van der Waals surface area contributed by atoms with E-state index in [1.54, 1.807) is 23.0 Å². The van der Waals surface area contributed by atoms with Crippen LogP contribution in [0, 0.1) is 5.92 Å². The molecule has 110 valence electrons. The van der Waals surface area contributed by atoms with Crippen LogP contribution in [0.5, 0.6) is 0 Å². The number of nitrogens with one attached hydrogen (secondary N) is 1. The van der Waals surface area contributed by atoms with Crippen LogP contribution in [-0.4, -0.2) is 56.4 Å². The highest BCUT2D eigenvalue weighted by Gasteiger charge is 2.27. The lowest BCUT2D eigenvalue weighted by Gasteiger charge is -2.30. The van der Waals surface area contributed by atoms with Gasteiger partial charge in [0.15, 0.2) is 5.82 Å². The number of urea groups is 1. The summed E-state index contributed by atoms with van der Waals surface area (Å²) >= 11 is 0. The standard InChI is InChI=1S/C12H19N5O3/c1-16-8-14-10(15-16)4-5-13-12(20)17-6-2-3-9(7-17)11(18)19/h8-9H,2-7H2,1H3,(H,13,20)(H,18,19)/t9-/m1/s1. The van der Waals surface area contributed by atoms with Crippen molar-refractivity contribution in [3.05, 3.63) is 12.2 Å². The lowest BCUT2D eigenvalue weighted by Crippen LogP contribution is -2.47. The SMILES string of the molecule is Cn1cnc(CCNC(=O)N2CCC[C@@H](C(=O)O)C2)n1. The van der Waals surface area contributed by atoms with Gasteiger partial charge in [0.1, 0.15) is 6.33 Å². The van der Waals surface area contributed by atoms with Gasteiger partial charge in [-0.3, -0.25) is 9.48 Å². The first-order valence-electron chi connectivity index (χ1n) is 6.66. The molecule has 1 fully saturated rings. The second-order valence-corrected chi connectivity index (χ2v) is 4.94. The van der Waals surface area contributed by atoms with Gasteiger partial charge in [0, 0.05) is 33.1 Å². The molecule has 8 heteroatoms. The average molecular weight is 281 g/mol. The van der Waals surface area contributed by atoms with E-state index in [0.29, 0.717) is 31.8 Å². The highest BCUT2D eigenvalue weighted by Crippen LogP contribution is 2.16. The summed E-state index contributed by atoms with van der Waals surface area (Å²) in [6.07, 6.45) is 3.53. The van der Waals surface area contributed by atoms with Crippen LogP contribution in [0.4, 0.5) is 4.79 Å². The first kappa shape index (κ1) is 14.3. The van der Waals surface area contributed by atoms with Crippen molar-refractivity contribution in [2.75, 3.05) is 19.6 Å². The molecule has 8 nitrogen and oxygen atoms in total. The number of aliphatic carboxylic acids is 1. The van der Waals surface area contributed by atoms with Crippen LogP contribution in [0.1, 0.15) is 18.7 Å². The third-order valence-electron chi connectivity index (χ3n) is 3.33. The van der Waals surface area contributed by atoms with Crippen LogP contribution >= 0.6 is 0 Å². The van der Waals surface area contributed by atoms with Crippen molar-refractivity contribution < 1.29 is 14.7 Å². The van der Waals surface area contributed by atoms with Crippen LogP contribution < -0.4 is 5.32 Å². The van der Waals surface area contributed by atoms with Gasteiger partial charge in [-0.05, 0) is 12.8 Å². The quantitative estimate of drug-likeness (QED) is 0.800. The summed E-state index contributed by atoms with van der Waals surface area (Å²) in [5.74, 6) is -0.609. The zero-order chi connectivity index (χ0) is 14.5. The zero-order valence-corrected chi connectivity index (χ0v) is 11.4. The number of aromatic nitrogens is 3. The fourth-order valence-corrected chi connectivity index (χ4v) is 2.25. The predicted octanol–water partition coefficient (Wildman–Crippen LogP) is -0.136. The topological polar surface area (TPSA) is 100 Å². The number of rotatable bonds is 4. The summed E-state index contributed by atoms with van der Waals surface area (Å²) in [5, 5.41) is 15.9. The van der Waals surface area contributed by atoms with E-state index >= 15 is 0 Å². The summed E-state index contributed by atoms with van der Waals surface area (Å²) < 4.78 is 1.61. The minimum absolute atomic E-state index is 0.216. The Bertz CT molecular complexity index is 487. The molecule has 1 aromatic rings. The first-order valence-corrected chi connectivity index (χ1v) is 6.66. The molecule has 0 saturated carbocycles. The molecule has 0 aromatic carbocycles. The Morgan fingerprint density at radius 1 is 1.55 bits per heavy atom. The van der Waals surface area contributed by atoms with E-state index in [9.17, 15) is 9.59 Å². The largest absolute Gasteiger partial charge is 0.481 e.